The monoisotopic (exact) mass is 468 g/mol. The lowest BCUT2D eigenvalue weighted by atomic mass is 9.58. The molecular weight excluding hydrogens is 420 g/mol. The fraction of sp³-hybridized carbons (Fsp3) is 1.00. The lowest BCUT2D eigenvalue weighted by molar-refractivity contribution is -0.577. The molecule has 2 bridgehead atoms. The molecule has 0 aromatic carbocycles. The molecule has 192 valence electrons. The molecule has 5 rings (SSSR count). The Kier molecular flexibility index (Phi) is 9.13. The highest BCUT2D eigenvalue weighted by Gasteiger charge is 2.69. The second-order valence-electron chi connectivity index (χ2n) is 11.4. The van der Waals surface area contributed by atoms with Crippen LogP contribution >= 0.6 is 0 Å². The number of aliphatic hydroxyl groups excluding tert-OH is 1. The van der Waals surface area contributed by atoms with E-state index in [0.717, 1.165) is 38.7 Å². The maximum absolute atomic E-state index is 8.82. The number of hydrogen-bond donors (Lipinski definition) is 1. The largest absolute Gasteiger partial charge is 0.396 e. The zero-order chi connectivity index (χ0) is 23.3. The quantitative estimate of drug-likeness (QED) is 0.260. The van der Waals surface area contributed by atoms with Crippen LogP contribution in [0.2, 0.25) is 0 Å². The summed E-state index contributed by atoms with van der Waals surface area (Å²) in [6.45, 7) is 7.67. The average Bonchev–Trinajstić information content (AvgIpc) is 3.03. The molecule has 0 aromatic rings. The van der Waals surface area contributed by atoms with Crippen LogP contribution in [0.4, 0.5) is 0 Å². The summed E-state index contributed by atoms with van der Waals surface area (Å²) in [5, 5.41) is 8.82. The summed E-state index contributed by atoms with van der Waals surface area (Å²) in [6.07, 6.45) is 15.8. The summed E-state index contributed by atoms with van der Waals surface area (Å²) in [4.78, 5) is 12.1. The van der Waals surface area contributed by atoms with Gasteiger partial charge in [-0.05, 0) is 50.9 Å². The molecule has 6 nitrogen and oxygen atoms in total. The van der Waals surface area contributed by atoms with E-state index in [1.54, 1.807) is 0 Å². The first kappa shape index (κ1) is 25.8. The zero-order valence-electron chi connectivity index (χ0n) is 21.3. The van der Waals surface area contributed by atoms with Crippen LogP contribution in [0, 0.1) is 23.7 Å². The highest BCUT2D eigenvalue weighted by atomic mass is 17.3. The summed E-state index contributed by atoms with van der Waals surface area (Å²) >= 11 is 0. The fourth-order valence-corrected chi connectivity index (χ4v) is 6.89. The van der Waals surface area contributed by atoms with Crippen LogP contribution in [0.5, 0.6) is 0 Å². The molecule has 5 fully saturated rings. The van der Waals surface area contributed by atoms with E-state index in [-0.39, 0.29) is 12.2 Å². The molecule has 0 unspecified atom stereocenters. The van der Waals surface area contributed by atoms with Crippen molar-refractivity contribution in [3.8, 4) is 0 Å². The second kappa shape index (κ2) is 11.7. The van der Waals surface area contributed by atoms with Crippen molar-refractivity contribution >= 4 is 0 Å². The number of fused-ring (bicyclic) bond motifs is 2. The third-order valence-corrected chi connectivity index (χ3v) is 8.93. The molecule has 5 aliphatic rings. The molecule has 8 atom stereocenters. The Balaban J connectivity index is 1.20. The van der Waals surface area contributed by atoms with Gasteiger partial charge in [-0.3, -0.25) is 0 Å². The first-order valence-electron chi connectivity index (χ1n) is 13.9. The van der Waals surface area contributed by atoms with Crippen LogP contribution in [0.1, 0.15) is 111 Å². The highest BCUT2D eigenvalue weighted by Crippen LogP contribution is 2.60. The number of aliphatic hydroxyl groups is 1. The summed E-state index contributed by atoms with van der Waals surface area (Å²) < 4.78 is 19.2. The SMILES string of the molecule is C[C@H]1[C@@H](OCCCCCCCCCCCCO)O[C@@H]2O[C@]3(C)CC[C@H]4[C@H](C)CC[C@@H]1[C@@]24OO3. The van der Waals surface area contributed by atoms with E-state index in [1.165, 1.54) is 57.8 Å². The second-order valence-corrected chi connectivity index (χ2v) is 11.4. The molecule has 4 heterocycles. The van der Waals surface area contributed by atoms with Crippen molar-refractivity contribution in [2.75, 3.05) is 13.2 Å². The van der Waals surface area contributed by atoms with Gasteiger partial charge in [-0.25, -0.2) is 9.78 Å². The minimum Gasteiger partial charge on any atom is -0.396 e. The lowest BCUT2D eigenvalue weighted by Crippen LogP contribution is -2.70. The Morgan fingerprint density at radius 2 is 1.48 bits per heavy atom. The molecule has 1 saturated carbocycles. The lowest BCUT2D eigenvalue weighted by Gasteiger charge is -2.60. The van der Waals surface area contributed by atoms with Gasteiger partial charge >= 0.3 is 0 Å². The van der Waals surface area contributed by atoms with Gasteiger partial charge in [0.15, 0.2) is 18.2 Å². The molecule has 0 aromatic heterocycles. The molecule has 1 aliphatic carbocycles. The van der Waals surface area contributed by atoms with Crippen molar-refractivity contribution < 1.29 is 29.1 Å². The molecule has 1 N–H and O–H groups in total. The van der Waals surface area contributed by atoms with Gasteiger partial charge in [-0.2, -0.15) is 0 Å². The van der Waals surface area contributed by atoms with Gasteiger partial charge in [0.25, 0.3) is 0 Å². The van der Waals surface area contributed by atoms with E-state index >= 15 is 0 Å². The minimum absolute atomic E-state index is 0.231. The van der Waals surface area contributed by atoms with Crippen molar-refractivity contribution in [2.24, 2.45) is 23.7 Å². The van der Waals surface area contributed by atoms with Gasteiger partial charge < -0.3 is 19.3 Å². The van der Waals surface area contributed by atoms with E-state index in [1.807, 2.05) is 6.92 Å². The highest BCUT2D eigenvalue weighted by molar-refractivity contribution is 5.09. The number of hydrogen-bond acceptors (Lipinski definition) is 6. The van der Waals surface area contributed by atoms with Crippen LogP contribution in [-0.4, -0.2) is 42.3 Å². The summed E-state index contributed by atoms with van der Waals surface area (Å²) in [5.74, 6) is 0.870. The van der Waals surface area contributed by atoms with Gasteiger partial charge in [0, 0.05) is 31.5 Å². The van der Waals surface area contributed by atoms with Crippen LogP contribution in [0.3, 0.4) is 0 Å². The predicted octanol–water partition coefficient (Wildman–Crippen LogP) is 6.10. The van der Waals surface area contributed by atoms with Crippen molar-refractivity contribution in [1.29, 1.82) is 0 Å². The first-order chi connectivity index (χ1) is 16.0. The van der Waals surface area contributed by atoms with Gasteiger partial charge in [0.2, 0.25) is 5.79 Å². The van der Waals surface area contributed by atoms with Crippen LogP contribution in [-0.2, 0) is 24.0 Å². The normalized spacial score (nSPS) is 42.2. The van der Waals surface area contributed by atoms with Crippen molar-refractivity contribution in [2.45, 2.75) is 135 Å². The summed E-state index contributed by atoms with van der Waals surface area (Å²) in [5.41, 5.74) is -0.495. The molecule has 0 amide bonds. The molecule has 4 aliphatic heterocycles. The molecule has 33 heavy (non-hydrogen) atoms. The maximum Gasteiger partial charge on any atom is 0.201 e. The Labute approximate surface area is 200 Å². The van der Waals surface area contributed by atoms with Gasteiger partial charge in [0.1, 0.15) is 0 Å². The first-order valence-corrected chi connectivity index (χ1v) is 13.9. The zero-order valence-corrected chi connectivity index (χ0v) is 21.3. The van der Waals surface area contributed by atoms with Gasteiger partial charge in [-0.15, -0.1) is 0 Å². The fourth-order valence-electron chi connectivity index (χ4n) is 6.89. The Bertz CT molecular complexity index is 601. The summed E-state index contributed by atoms with van der Waals surface area (Å²) in [7, 11) is 0. The van der Waals surface area contributed by atoms with Crippen LogP contribution in [0.25, 0.3) is 0 Å². The summed E-state index contributed by atoms with van der Waals surface area (Å²) in [6, 6.07) is 0. The molecule has 6 heteroatoms. The Morgan fingerprint density at radius 1 is 0.818 bits per heavy atom. The van der Waals surface area contributed by atoms with E-state index in [9.17, 15) is 0 Å². The molecular formula is C27H48O6. The third kappa shape index (κ3) is 5.62. The Hall–Kier alpha value is -0.240. The predicted molar refractivity (Wildman–Crippen MR) is 126 cm³/mol. The number of unbranched alkanes of at least 4 members (excludes halogenated alkanes) is 9. The standard InChI is InChI=1S/C27H48O6/c1-20-14-15-23-21(2)24(29-19-13-11-9-7-5-4-6-8-10-12-18-28)30-25-27(23)22(20)16-17-26(3,31-25)32-33-27/h20-25,28H,4-19H2,1-3H3/t20-,21-,22+,23+,24+,25-,26+,27-/m1/s1. The van der Waals surface area contributed by atoms with Crippen molar-refractivity contribution in [3.05, 3.63) is 0 Å². The van der Waals surface area contributed by atoms with E-state index in [0.29, 0.717) is 24.4 Å². The van der Waals surface area contributed by atoms with Crippen molar-refractivity contribution in [3.63, 3.8) is 0 Å². The number of ether oxygens (including phenoxy) is 3. The Morgan fingerprint density at radius 3 is 2.18 bits per heavy atom. The smallest absolute Gasteiger partial charge is 0.201 e. The van der Waals surface area contributed by atoms with Crippen LogP contribution < -0.4 is 0 Å². The number of rotatable bonds is 13. The van der Waals surface area contributed by atoms with Crippen molar-refractivity contribution in [1.82, 2.24) is 0 Å². The van der Waals surface area contributed by atoms with E-state index in [2.05, 4.69) is 13.8 Å². The molecule has 0 radical (unpaired) electrons. The molecule has 1 spiro atoms. The van der Waals surface area contributed by atoms with E-state index in [4.69, 9.17) is 29.1 Å². The van der Waals surface area contributed by atoms with E-state index < -0.39 is 17.7 Å². The molecule has 4 saturated heterocycles. The third-order valence-electron chi connectivity index (χ3n) is 8.93. The van der Waals surface area contributed by atoms with Crippen LogP contribution in [0.15, 0.2) is 0 Å². The maximum atomic E-state index is 8.82. The van der Waals surface area contributed by atoms with Gasteiger partial charge in [-0.1, -0.05) is 65.2 Å². The minimum atomic E-state index is -0.721. The topological polar surface area (TPSA) is 66.4 Å². The average molecular weight is 469 g/mol. The van der Waals surface area contributed by atoms with Gasteiger partial charge in [0.05, 0.1) is 0 Å².